The molecule has 3 nitrogen and oxygen atoms in total. The molecule has 15 heavy (non-hydrogen) atoms. The first kappa shape index (κ1) is 12.8. The maximum absolute atomic E-state index is 12.0. The van der Waals surface area contributed by atoms with E-state index in [1.54, 1.807) is 11.8 Å². The average Bonchev–Trinajstić information content (AvgIpc) is 2.28. The van der Waals surface area contributed by atoms with Crippen LogP contribution < -0.4 is 5.32 Å². The Hall–Kier alpha value is -0.220. The fourth-order valence-electron chi connectivity index (χ4n) is 2.05. The molecule has 2 unspecified atom stereocenters. The van der Waals surface area contributed by atoms with E-state index in [0.29, 0.717) is 11.9 Å². The van der Waals surface area contributed by atoms with Gasteiger partial charge in [-0.1, -0.05) is 6.92 Å². The number of carbonyl (C=O) groups is 1. The Labute approximate surface area is 97.0 Å². The Morgan fingerprint density at radius 3 is 3.00 bits per heavy atom. The zero-order valence-electron chi connectivity index (χ0n) is 9.95. The first-order valence-electron chi connectivity index (χ1n) is 5.64. The monoisotopic (exact) mass is 230 g/mol. The van der Waals surface area contributed by atoms with Gasteiger partial charge < -0.3 is 10.2 Å². The highest BCUT2D eigenvalue weighted by molar-refractivity contribution is 7.98. The Morgan fingerprint density at radius 1 is 1.67 bits per heavy atom. The Balaban J connectivity index is 2.44. The Morgan fingerprint density at radius 2 is 2.40 bits per heavy atom. The summed E-state index contributed by atoms with van der Waals surface area (Å²) in [5.41, 5.74) is 0. The quantitative estimate of drug-likeness (QED) is 0.787. The van der Waals surface area contributed by atoms with E-state index >= 15 is 0 Å². The molecule has 0 aliphatic carbocycles. The van der Waals surface area contributed by atoms with Crippen molar-refractivity contribution in [1.29, 1.82) is 0 Å². The topological polar surface area (TPSA) is 32.3 Å². The lowest BCUT2D eigenvalue weighted by Gasteiger charge is -2.34. The van der Waals surface area contributed by atoms with Crippen molar-refractivity contribution in [3.8, 4) is 0 Å². The Bertz CT molecular complexity index is 211. The minimum absolute atomic E-state index is 0.163. The smallest absolute Gasteiger partial charge is 0.226 e. The molecule has 0 bridgehead atoms. The van der Waals surface area contributed by atoms with Gasteiger partial charge in [-0.2, -0.15) is 11.8 Å². The first-order chi connectivity index (χ1) is 7.19. The van der Waals surface area contributed by atoms with Crippen molar-refractivity contribution < 1.29 is 4.79 Å². The number of thioether (sulfide) groups is 1. The van der Waals surface area contributed by atoms with Crippen LogP contribution in [0.4, 0.5) is 0 Å². The number of likely N-dealkylation sites (tertiary alicyclic amines) is 1. The van der Waals surface area contributed by atoms with Gasteiger partial charge in [0.15, 0.2) is 0 Å². The number of nitrogens with zero attached hydrogens (tertiary/aromatic N) is 1. The van der Waals surface area contributed by atoms with Crippen LogP contribution in [-0.4, -0.2) is 49.0 Å². The van der Waals surface area contributed by atoms with E-state index in [-0.39, 0.29) is 5.92 Å². The highest BCUT2D eigenvalue weighted by Crippen LogP contribution is 2.15. The van der Waals surface area contributed by atoms with Crippen LogP contribution in [0.1, 0.15) is 19.8 Å². The van der Waals surface area contributed by atoms with Crippen molar-refractivity contribution in [3.05, 3.63) is 0 Å². The predicted octanol–water partition coefficient (Wildman–Crippen LogP) is 1.20. The predicted molar refractivity (Wildman–Crippen MR) is 66.2 cm³/mol. The van der Waals surface area contributed by atoms with Gasteiger partial charge in [0.25, 0.3) is 0 Å². The lowest BCUT2D eigenvalue weighted by atomic mass is 10.0. The minimum atomic E-state index is 0.163. The lowest BCUT2D eigenvalue weighted by Crippen LogP contribution is -2.48. The van der Waals surface area contributed by atoms with Crippen molar-refractivity contribution in [2.24, 2.45) is 5.92 Å². The summed E-state index contributed by atoms with van der Waals surface area (Å²) in [5.74, 6) is 1.42. The third-order valence-corrected chi connectivity index (χ3v) is 3.81. The van der Waals surface area contributed by atoms with Crippen LogP contribution in [-0.2, 0) is 4.79 Å². The minimum Gasteiger partial charge on any atom is -0.341 e. The molecule has 1 N–H and O–H groups in total. The highest BCUT2D eigenvalue weighted by Gasteiger charge is 2.25. The molecule has 1 aliphatic heterocycles. The molecule has 1 fully saturated rings. The maximum Gasteiger partial charge on any atom is 0.226 e. The first-order valence-corrected chi connectivity index (χ1v) is 7.03. The summed E-state index contributed by atoms with van der Waals surface area (Å²) in [5, 5.41) is 3.26. The van der Waals surface area contributed by atoms with Crippen molar-refractivity contribution in [3.63, 3.8) is 0 Å². The second kappa shape index (κ2) is 6.38. The number of hydrogen-bond donors (Lipinski definition) is 1. The van der Waals surface area contributed by atoms with Crippen LogP contribution in [0.3, 0.4) is 0 Å². The van der Waals surface area contributed by atoms with E-state index in [1.807, 2.05) is 18.9 Å². The molecular weight excluding hydrogens is 208 g/mol. The number of nitrogens with one attached hydrogen (secondary N) is 1. The molecule has 1 saturated heterocycles. The van der Waals surface area contributed by atoms with Gasteiger partial charge in [-0.3, -0.25) is 4.79 Å². The van der Waals surface area contributed by atoms with Gasteiger partial charge >= 0.3 is 0 Å². The summed E-state index contributed by atoms with van der Waals surface area (Å²) in [6.07, 6.45) is 4.37. The normalized spacial score (nSPS) is 23.9. The third-order valence-electron chi connectivity index (χ3n) is 2.98. The molecule has 0 spiro atoms. The zero-order valence-corrected chi connectivity index (χ0v) is 10.8. The summed E-state index contributed by atoms with van der Waals surface area (Å²) in [6, 6.07) is 0.490. The van der Waals surface area contributed by atoms with E-state index in [9.17, 15) is 4.79 Å². The summed E-state index contributed by atoms with van der Waals surface area (Å²) < 4.78 is 0. The molecule has 1 rings (SSSR count). The van der Waals surface area contributed by atoms with Crippen LogP contribution in [0.25, 0.3) is 0 Å². The van der Waals surface area contributed by atoms with Gasteiger partial charge in [0.1, 0.15) is 0 Å². The second-order valence-corrected chi connectivity index (χ2v) is 5.18. The number of hydrogen-bond acceptors (Lipinski definition) is 3. The Kier molecular flexibility index (Phi) is 5.47. The van der Waals surface area contributed by atoms with Crippen molar-refractivity contribution >= 4 is 17.7 Å². The largest absolute Gasteiger partial charge is 0.341 e. The van der Waals surface area contributed by atoms with E-state index in [4.69, 9.17) is 0 Å². The summed E-state index contributed by atoms with van der Waals surface area (Å²) >= 11 is 1.75. The fraction of sp³-hybridized carbons (Fsp3) is 0.909. The van der Waals surface area contributed by atoms with Crippen LogP contribution in [0.2, 0.25) is 0 Å². The van der Waals surface area contributed by atoms with Gasteiger partial charge in [-0.25, -0.2) is 0 Å². The van der Waals surface area contributed by atoms with E-state index in [0.717, 1.165) is 25.3 Å². The SMILES string of the molecule is CNC1CCCN(C(=O)C(C)CSC)C1. The van der Waals surface area contributed by atoms with Crippen molar-refractivity contribution in [1.82, 2.24) is 10.2 Å². The van der Waals surface area contributed by atoms with Gasteiger partial charge in [-0.15, -0.1) is 0 Å². The third kappa shape index (κ3) is 3.68. The molecule has 0 aromatic carbocycles. The molecular formula is C11H22N2OS. The van der Waals surface area contributed by atoms with E-state index in [1.165, 1.54) is 6.42 Å². The number of piperidine rings is 1. The van der Waals surface area contributed by atoms with Gasteiger partial charge in [0.2, 0.25) is 5.91 Å². The highest BCUT2D eigenvalue weighted by atomic mass is 32.2. The fourth-order valence-corrected chi connectivity index (χ4v) is 2.69. The lowest BCUT2D eigenvalue weighted by molar-refractivity contribution is -0.135. The number of carbonyl (C=O) groups excluding carboxylic acids is 1. The second-order valence-electron chi connectivity index (χ2n) is 4.27. The van der Waals surface area contributed by atoms with Crippen LogP contribution >= 0.6 is 11.8 Å². The maximum atomic E-state index is 12.0. The molecule has 4 heteroatoms. The number of likely N-dealkylation sites (N-methyl/N-ethyl adjacent to an activating group) is 1. The summed E-state index contributed by atoms with van der Waals surface area (Å²) in [6.45, 7) is 3.85. The van der Waals surface area contributed by atoms with Gasteiger partial charge in [0.05, 0.1) is 0 Å². The van der Waals surface area contributed by atoms with Crippen LogP contribution in [0, 0.1) is 5.92 Å². The van der Waals surface area contributed by atoms with Crippen LogP contribution in [0.15, 0.2) is 0 Å². The molecule has 0 aromatic rings. The summed E-state index contributed by atoms with van der Waals surface area (Å²) in [4.78, 5) is 14.1. The molecule has 1 amide bonds. The van der Waals surface area contributed by atoms with Gasteiger partial charge in [-0.05, 0) is 26.1 Å². The van der Waals surface area contributed by atoms with Gasteiger partial charge in [0, 0.05) is 30.8 Å². The number of amides is 1. The number of rotatable bonds is 4. The van der Waals surface area contributed by atoms with E-state index in [2.05, 4.69) is 11.6 Å². The molecule has 0 saturated carbocycles. The molecule has 1 aliphatic rings. The summed E-state index contributed by atoms with van der Waals surface area (Å²) in [7, 11) is 1.98. The van der Waals surface area contributed by atoms with Crippen LogP contribution in [0.5, 0.6) is 0 Å². The standard InChI is InChI=1S/C11H22N2OS/c1-9(8-15-3)11(14)13-6-4-5-10(7-13)12-2/h9-10,12H,4-8H2,1-3H3. The molecule has 0 aromatic heterocycles. The molecule has 88 valence electrons. The van der Waals surface area contributed by atoms with Crippen molar-refractivity contribution in [2.45, 2.75) is 25.8 Å². The molecule has 2 atom stereocenters. The zero-order chi connectivity index (χ0) is 11.3. The molecule has 1 heterocycles. The average molecular weight is 230 g/mol. The molecule has 0 radical (unpaired) electrons. The van der Waals surface area contributed by atoms with E-state index < -0.39 is 0 Å². The van der Waals surface area contributed by atoms with Crippen molar-refractivity contribution in [2.75, 3.05) is 32.1 Å².